The fourth-order valence-corrected chi connectivity index (χ4v) is 3.66. The Morgan fingerprint density at radius 2 is 1.73 bits per heavy atom. The molecule has 3 rings (SSSR count). The van der Waals surface area contributed by atoms with Crippen molar-refractivity contribution in [3.05, 3.63) is 63.7 Å². The van der Waals surface area contributed by atoms with Gasteiger partial charge in [0.25, 0.3) is 11.6 Å². The molecule has 0 aliphatic carbocycles. The fourth-order valence-electron chi connectivity index (χ4n) is 3.66. The summed E-state index contributed by atoms with van der Waals surface area (Å²) in [5.41, 5.74) is -0.117. The molecule has 1 fully saturated rings. The Balaban J connectivity index is 1.69. The second-order valence-electron chi connectivity index (χ2n) is 7.82. The molecule has 0 saturated carbocycles. The van der Waals surface area contributed by atoms with E-state index in [-0.39, 0.29) is 17.2 Å². The molecular weight excluding hydrogens is 439 g/mol. The zero-order valence-corrected chi connectivity index (χ0v) is 18.3. The number of nitro groups is 1. The van der Waals surface area contributed by atoms with Crippen LogP contribution in [0.1, 0.15) is 42.1 Å². The van der Waals surface area contributed by atoms with E-state index in [0.717, 1.165) is 31.4 Å². The minimum atomic E-state index is -4.39. The van der Waals surface area contributed by atoms with Gasteiger partial charge in [0, 0.05) is 44.0 Å². The number of carbonyl (C=O) groups excluding carboxylic acids is 1. The quantitative estimate of drug-likeness (QED) is 0.306. The van der Waals surface area contributed by atoms with Gasteiger partial charge in [0.05, 0.1) is 22.7 Å². The zero-order valence-electron chi connectivity index (χ0n) is 18.3. The van der Waals surface area contributed by atoms with Crippen molar-refractivity contribution in [2.24, 2.45) is 0 Å². The number of carbonyl (C=O) groups is 1. The first-order chi connectivity index (χ1) is 15.7. The SMILES string of the molecule is CCCCCOc1ccc([N+](=O)[O-])cc1C(=O)N1CCN(c2ccc(C(F)(F)F)cc2)CC1. The molecule has 1 aliphatic rings. The Morgan fingerprint density at radius 1 is 1.06 bits per heavy atom. The summed E-state index contributed by atoms with van der Waals surface area (Å²) in [5.74, 6) is -0.0527. The summed E-state index contributed by atoms with van der Waals surface area (Å²) in [4.78, 5) is 27.3. The lowest BCUT2D eigenvalue weighted by atomic mass is 10.1. The Bertz CT molecular complexity index is 972. The van der Waals surface area contributed by atoms with Crippen molar-refractivity contribution in [3.63, 3.8) is 0 Å². The van der Waals surface area contributed by atoms with Crippen molar-refractivity contribution in [2.75, 3.05) is 37.7 Å². The average Bonchev–Trinajstić information content (AvgIpc) is 2.81. The lowest BCUT2D eigenvalue weighted by Gasteiger charge is -2.36. The molecule has 0 N–H and O–H groups in total. The van der Waals surface area contributed by atoms with Gasteiger partial charge in [-0.15, -0.1) is 0 Å². The van der Waals surface area contributed by atoms with E-state index in [1.54, 1.807) is 4.90 Å². The topological polar surface area (TPSA) is 75.9 Å². The number of hydrogen-bond acceptors (Lipinski definition) is 5. The van der Waals surface area contributed by atoms with Gasteiger partial charge in [-0.05, 0) is 36.8 Å². The van der Waals surface area contributed by atoms with Crippen molar-refractivity contribution in [1.82, 2.24) is 4.90 Å². The zero-order chi connectivity index (χ0) is 24.0. The molecule has 1 saturated heterocycles. The van der Waals surface area contributed by atoms with Gasteiger partial charge in [-0.2, -0.15) is 13.2 Å². The molecule has 33 heavy (non-hydrogen) atoms. The van der Waals surface area contributed by atoms with E-state index in [0.29, 0.717) is 44.2 Å². The number of nitrogens with zero attached hydrogens (tertiary/aromatic N) is 3. The molecule has 0 spiro atoms. The van der Waals surface area contributed by atoms with Crippen LogP contribution in [0.4, 0.5) is 24.5 Å². The third kappa shape index (κ3) is 6.15. The molecule has 0 aromatic heterocycles. The molecule has 0 radical (unpaired) electrons. The number of unbranched alkanes of at least 4 members (excludes halogenated alkanes) is 2. The maximum absolute atomic E-state index is 13.2. The normalized spacial score (nSPS) is 14.3. The van der Waals surface area contributed by atoms with Gasteiger partial charge < -0.3 is 14.5 Å². The first-order valence-corrected chi connectivity index (χ1v) is 10.8. The lowest BCUT2D eigenvalue weighted by Crippen LogP contribution is -2.48. The highest BCUT2D eigenvalue weighted by Gasteiger charge is 2.31. The van der Waals surface area contributed by atoms with E-state index in [2.05, 4.69) is 6.92 Å². The van der Waals surface area contributed by atoms with E-state index in [1.807, 2.05) is 4.90 Å². The average molecular weight is 465 g/mol. The maximum Gasteiger partial charge on any atom is 0.416 e. The predicted octanol–water partition coefficient (Wildman–Crippen LogP) is 5.15. The number of alkyl halides is 3. The maximum atomic E-state index is 13.2. The van der Waals surface area contributed by atoms with Crippen molar-refractivity contribution in [1.29, 1.82) is 0 Å². The van der Waals surface area contributed by atoms with Crippen LogP contribution in [0.15, 0.2) is 42.5 Å². The molecule has 10 heteroatoms. The summed E-state index contributed by atoms with van der Waals surface area (Å²) in [6.45, 7) is 3.99. The number of halogens is 3. The largest absolute Gasteiger partial charge is 0.493 e. The van der Waals surface area contributed by atoms with Crippen LogP contribution in [0.5, 0.6) is 5.75 Å². The summed E-state index contributed by atoms with van der Waals surface area (Å²) in [7, 11) is 0. The third-order valence-corrected chi connectivity index (χ3v) is 5.54. The Labute approximate surface area is 189 Å². The van der Waals surface area contributed by atoms with Crippen LogP contribution in [0.2, 0.25) is 0 Å². The standard InChI is InChI=1S/C23H26F3N3O4/c1-2-3-4-15-33-21-10-9-19(29(31)32)16-20(21)22(30)28-13-11-27(12-14-28)18-7-5-17(6-8-18)23(24,25)26/h5-10,16H,2-4,11-15H2,1H3. The molecule has 1 aliphatic heterocycles. The van der Waals surface area contributed by atoms with E-state index in [4.69, 9.17) is 4.74 Å². The van der Waals surface area contributed by atoms with E-state index >= 15 is 0 Å². The second kappa shape index (κ2) is 10.5. The Kier molecular flexibility index (Phi) is 7.78. The second-order valence-corrected chi connectivity index (χ2v) is 7.82. The minimum Gasteiger partial charge on any atom is -0.493 e. The monoisotopic (exact) mass is 465 g/mol. The van der Waals surface area contributed by atoms with Gasteiger partial charge in [-0.3, -0.25) is 14.9 Å². The van der Waals surface area contributed by atoms with Gasteiger partial charge in [0.15, 0.2) is 0 Å². The summed E-state index contributed by atoms with van der Waals surface area (Å²) in [5, 5.41) is 11.2. The van der Waals surface area contributed by atoms with Gasteiger partial charge in [0.1, 0.15) is 5.75 Å². The first-order valence-electron chi connectivity index (χ1n) is 10.8. The van der Waals surface area contributed by atoms with Gasteiger partial charge in [-0.1, -0.05) is 19.8 Å². The Morgan fingerprint density at radius 3 is 2.30 bits per heavy atom. The number of anilines is 1. The Hall–Kier alpha value is -3.30. The smallest absolute Gasteiger partial charge is 0.416 e. The van der Waals surface area contributed by atoms with Crippen LogP contribution in [-0.4, -0.2) is 48.5 Å². The predicted molar refractivity (Wildman–Crippen MR) is 118 cm³/mol. The van der Waals surface area contributed by atoms with Crippen molar-refractivity contribution in [2.45, 2.75) is 32.4 Å². The van der Waals surface area contributed by atoms with Crippen molar-refractivity contribution >= 4 is 17.3 Å². The van der Waals surface area contributed by atoms with Crippen LogP contribution in [-0.2, 0) is 6.18 Å². The number of hydrogen-bond donors (Lipinski definition) is 0. The number of ether oxygens (including phenoxy) is 1. The van der Waals surface area contributed by atoms with E-state index in [9.17, 15) is 28.1 Å². The number of benzene rings is 2. The van der Waals surface area contributed by atoms with E-state index in [1.165, 1.54) is 30.3 Å². The molecule has 1 heterocycles. The highest BCUT2D eigenvalue weighted by molar-refractivity contribution is 5.97. The lowest BCUT2D eigenvalue weighted by molar-refractivity contribution is -0.384. The molecule has 7 nitrogen and oxygen atoms in total. The first kappa shape index (κ1) is 24.3. The summed E-state index contributed by atoms with van der Waals surface area (Å²) < 4.78 is 44.1. The van der Waals surface area contributed by atoms with Crippen LogP contribution >= 0.6 is 0 Å². The van der Waals surface area contributed by atoms with Crippen LogP contribution in [0.3, 0.4) is 0 Å². The fraction of sp³-hybridized carbons (Fsp3) is 0.435. The van der Waals surface area contributed by atoms with Crippen LogP contribution in [0.25, 0.3) is 0 Å². The van der Waals surface area contributed by atoms with Crippen molar-refractivity contribution < 1.29 is 27.6 Å². The molecule has 2 aromatic carbocycles. The minimum absolute atomic E-state index is 0.142. The number of non-ortho nitro benzene ring substituents is 1. The van der Waals surface area contributed by atoms with Gasteiger partial charge >= 0.3 is 6.18 Å². The van der Waals surface area contributed by atoms with Crippen molar-refractivity contribution in [3.8, 4) is 5.75 Å². The van der Waals surface area contributed by atoms with Crippen LogP contribution < -0.4 is 9.64 Å². The molecule has 178 valence electrons. The molecule has 0 unspecified atom stereocenters. The number of nitro benzene ring substituents is 1. The molecule has 1 amide bonds. The molecule has 2 aromatic rings. The summed E-state index contributed by atoms with van der Waals surface area (Å²) in [6.07, 6.45) is -1.59. The highest BCUT2D eigenvalue weighted by Crippen LogP contribution is 2.31. The highest BCUT2D eigenvalue weighted by atomic mass is 19.4. The summed E-state index contributed by atoms with van der Waals surface area (Å²) in [6, 6.07) is 8.92. The number of piperazine rings is 1. The third-order valence-electron chi connectivity index (χ3n) is 5.54. The van der Waals surface area contributed by atoms with E-state index < -0.39 is 16.7 Å². The van der Waals surface area contributed by atoms with Crippen LogP contribution in [0, 0.1) is 10.1 Å². The molecule has 0 atom stereocenters. The number of rotatable bonds is 8. The molecule has 0 bridgehead atoms. The van der Waals surface area contributed by atoms with Gasteiger partial charge in [0.2, 0.25) is 0 Å². The van der Waals surface area contributed by atoms with Gasteiger partial charge in [-0.25, -0.2) is 0 Å². The molecular formula is C23H26F3N3O4. The summed E-state index contributed by atoms with van der Waals surface area (Å²) >= 11 is 0. The number of amides is 1.